The van der Waals surface area contributed by atoms with Crippen LogP contribution in [0.15, 0.2) is 48.6 Å². The maximum atomic E-state index is 12.6. The minimum atomic E-state index is -4.46. The molecule has 0 saturated heterocycles. The average molecular weight is 808 g/mol. The highest BCUT2D eigenvalue weighted by Crippen LogP contribution is 2.14. The molecule has 3 unspecified atom stereocenters. The van der Waals surface area contributed by atoms with E-state index in [1.807, 2.05) is 0 Å². The van der Waals surface area contributed by atoms with Crippen LogP contribution in [0.1, 0.15) is 226 Å². The van der Waals surface area contributed by atoms with Gasteiger partial charge in [-0.05, 0) is 64.2 Å². The lowest BCUT2D eigenvalue weighted by Gasteiger charge is -2.22. The lowest BCUT2D eigenvalue weighted by molar-refractivity contribution is -0.130. The minimum absolute atomic E-state index is 0.261. The zero-order valence-electron chi connectivity index (χ0n) is 36.4. The van der Waals surface area contributed by atoms with E-state index in [4.69, 9.17) is 0 Å². The number of rotatable bonds is 42. The summed E-state index contributed by atoms with van der Waals surface area (Å²) >= 11 is 0. The van der Waals surface area contributed by atoms with Gasteiger partial charge in [0, 0.05) is 0 Å². The van der Waals surface area contributed by atoms with Gasteiger partial charge < -0.3 is 15.5 Å². The fraction of sp³-hybridized carbons (Fsp3) is 0.812. The molecule has 0 heterocycles. The van der Waals surface area contributed by atoms with Gasteiger partial charge in [0.05, 0.1) is 17.9 Å². The molecular weight excluding hydrogens is 719 g/mol. The van der Waals surface area contributed by atoms with E-state index < -0.39 is 40.0 Å². The Bertz CT molecular complexity index is 1090. The summed E-state index contributed by atoms with van der Waals surface area (Å²) in [7, 11) is -4.46. The maximum absolute atomic E-state index is 12.6. The van der Waals surface area contributed by atoms with Crippen molar-refractivity contribution in [3.63, 3.8) is 0 Å². The van der Waals surface area contributed by atoms with Crippen LogP contribution in [0.25, 0.3) is 0 Å². The summed E-state index contributed by atoms with van der Waals surface area (Å²) < 4.78 is 32.6. The average Bonchev–Trinajstić information content (AvgIpc) is 3.17. The molecule has 0 aromatic heterocycles. The first-order valence-corrected chi connectivity index (χ1v) is 25.1. The minimum Gasteiger partial charge on any atom is -0.387 e. The Hall–Kier alpha value is -1.74. The molecule has 0 spiro atoms. The highest BCUT2D eigenvalue weighted by Gasteiger charge is 2.27. The number of carbonyl (C=O) groups is 1. The highest BCUT2D eigenvalue weighted by molar-refractivity contribution is 7.85. The smallest absolute Gasteiger partial charge is 0.267 e. The van der Waals surface area contributed by atoms with Crippen molar-refractivity contribution in [3.05, 3.63) is 48.6 Å². The van der Waals surface area contributed by atoms with Crippen molar-refractivity contribution < 1.29 is 28.0 Å². The fourth-order valence-corrected chi connectivity index (χ4v) is 7.71. The SMILES string of the molecule is CCCCCCCCCCC/C=C\C/C=C\CCCCCCCCC(O)C(=O)NC(CS(=O)(=O)O)C(O)/C=C/CC/C=C/CCCCCCCCCCCCC. The Morgan fingerprint density at radius 1 is 0.500 bits per heavy atom. The molecule has 0 aromatic rings. The second kappa shape index (κ2) is 41.4. The van der Waals surface area contributed by atoms with Crippen LogP contribution in [0.3, 0.4) is 0 Å². The van der Waals surface area contributed by atoms with Gasteiger partial charge in [0.2, 0.25) is 5.91 Å². The van der Waals surface area contributed by atoms with E-state index in [-0.39, 0.29) is 6.42 Å². The molecule has 8 heteroatoms. The fourth-order valence-electron chi connectivity index (χ4n) is 6.97. The number of unbranched alkanes of at least 4 members (excludes halogenated alkanes) is 27. The normalized spacial score (nSPS) is 14.2. The lowest BCUT2D eigenvalue weighted by Crippen LogP contribution is -2.50. The summed E-state index contributed by atoms with van der Waals surface area (Å²) in [4.78, 5) is 12.6. The molecule has 0 fully saturated rings. The lowest BCUT2D eigenvalue weighted by atomic mass is 10.0. The Morgan fingerprint density at radius 2 is 0.857 bits per heavy atom. The summed E-state index contributed by atoms with van der Waals surface area (Å²) in [6.45, 7) is 4.52. The molecule has 56 heavy (non-hydrogen) atoms. The molecular formula is C48H89NO6S. The van der Waals surface area contributed by atoms with Crippen LogP contribution >= 0.6 is 0 Å². The van der Waals surface area contributed by atoms with E-state index in [0.29, 0.717) is 12.8 Å². The molecule has 0 rings (SSSR count). The molecule has 0 bridgehead atoms. The van der Waals surface area contributed by atoms with Crippen LogP contribution in [-0.2, 0) is 14.9 Å². The Morgan fingerprint density at radius 3 is 1.29 bits per heavy atom. The molecule has 4 N–H and O–H groups in total. The molecule has 328 valence electrons. The summed E-state index contributed by atoms with van der Waals surface area (Å²) in [6, 6.07) is -1.25. The standard InChI is InChI=1S/C48H89NO6S/c1-3-5-7-9-11-13-15-17-19-21-22-23-24-25-27-29-31-33-35-37-39-41-43-47(51)48(52)49-45(44-56(53,54)55)46(50)42-40-38-36-34-32-30-28-26-20-18-16-14-12-10-8-6-4-2/h22-23,25,27,32,34,40,42,45-47,50-51H,3-21,24,26,28-31,33,35-39,41,43-44H2,1-2H3,(H,49,52)(H,53,54,55)/b23-22-,27-25-,34-32+,42-40+. The Labute approximate surface area is 346 Å². The summed E-state index contributed by atoms with van der Waals surface area (Å²) in [5.74, 6) is -1.57. The van der Waals surface area contributed by atoms with Crippen molar-refractivity contribution in [1.29, 1.82) is 0 Å². The number of aliphatic hydroxyl groups excluding tert-OH is 2. The number of hydrogen-bond acceptors (Lipinski definition) is 5. The number of nitrogens with one attached hydrogen (secondary N) is 1. The Kier molecular flexibility index (Phi) is 40.1. The van der Waals surface area contributed by atoms with Gasteiger partial charge in [-0.3, -0.25) is 9.35 Å². The third-order valence-corrected chi connectivity index (χ3v) is 11.4. The number of aliphatic hydroxyl groups is 2. The van der Waals surface area contributed by atoms with Crippen LogP contribution in [0.2, 0.25) is 0 Å². The molecule has 0 aliphatic carbocycles. The van der Waals surface area contributed by atoms with Crippen molar-refractivity contribution in [2.75, 3.05) is 5.75 Å². The van der Waals surface area contributed by atoms with E-state index in [0.717, 1.165) is 57.8 Å². The topological polar surface area (TPSA) is 124 Å². The number of hydrogen-bond donors (Lipinski definition) is 4. The van der Waals surface area contributed by atoms with Crippen molar-refractivity contribution in [2.24, 2.45) is 0 Å². The van der Waals surface area contributed by atoms with Gasteiger partial charge in [0.25, 0.3) is 10.1 Å². The summed E-state index contributed by atoms with van der Waals surface area (Å²) in [6.07, 6.45) is 53.1. The van der Waals surface area contributed by atoms with Crippen LogP contribution in [0.4, 0.5) is 0 Å². The van der Waals surface area contributed by atoms with Gasteiger partial charge in [0.15, 0.2) is 0 Å². The zero-order valence-corrected chi connectivity index (χ0v) is 37.2. The predicted molar refractivity (Wildman–Crippen MR) is 241 cm³/mol. The van der Waals surface area contributed by atoms with Gasteiger partial charge in [-0.25, -0.2) is 0 Å². The molecule has 0 radical (unpaired) electrons. The monoisotopic (exact) mass is 808 g/mol. The van der Waals surface area contributed by atoms with E-state index >= 15 is 0 Å². The largest absolute Gasteiger partial charge is 0.387 e. The Balaban J connectivity index is 4.02. The van der Waals surface area contributed by atoms with Crippen molar-refractivity contribution in [3.8, 4) is 0 Å². The zero-order chi connectivity index (χ0) is 41.2. The van der Waals surface area contributed by atoms with Gasteiger partial charge >= 0.3 is 0 Å². The van der Waals surface area contributed by atoms with Crippen molar-refractivity contribution >= 4 is 16.0 Å². The number of allylic oxidation sites excluding steroid dienone is 7. The van der Waals surface area contributed by atoms with Crippen LogP contribution in [0.5, 0.6) is 0 Å². The second-order valence-corrected chi connectivity index (χ2v) is 17.7. The van der Waals surface area contributed by atoms with Crippen LogP contribution in [0, 0.1) is 0 Å². The summed E-state index contributed by atoms with van der Waals surface area (Å²) in [5.41, 5.74) is 0. The first kappa shape index (κ1) is 54.3. The number of amides is 1. The molecule has 3 atom stereocenters. The molecule has 0 aliphatic heterocycles. The summed E-state index contributed by atoms with van der Waals surface area (Å²) in [5, 5.41) is 23.4. The molecule has 1 amide bonds. The quantitative estimate of drug-likeness (QED) is 0.0277. The molecule has 0 aromatic carbocycles. The highest BCUT2D eigenvalue weighted by atomic mass is 32.2. The van der Waals surface area contributed by atoms with E-state index in [9.17, 15) is 28.0 Å². The second-order valence-electron chi connectivity index (χ2n) is 16.2. The first-order chi connectivity index (χ1) is 27.2. The van der Waals surface area contributed by atoms with Gasteiger partial charge in [-0.1, -0.05) is 210 Å². The van der Waals surface area contributed by atoms with Gasteiger partial charge in [0.1, 0.15) is 6.10 Å². The van der Waals surface area contributed by atoms with Crippen LogP contribution < -0.4 is 5.32 Å². The van der Waals surface area contributed by atoms with Gasteiger partial charge in [-0.15, -0.1) is 0 Å². The third-order valence-electron chi connectivity index (χ3n) is 10.6. The maximum Gasteiger partial charge on any atom is 0.267 e. The predicted octanol–water partition coefficient (Wildman–Crippen LogP) is 13.2. The molecule has 0 aliphatic rings. The molecule has 7 nitrogen and oxygen atoms in total. The van der Waals surface area contributed by atoms with E-state index in [1.165, 1.54) is 141 Å². The van der Waals surface area contributed by atoms with Crippen molar-refractivity contribution in [2.45, 2.75) is 244 Å². The third kappa shape index (κ3) is 40.5. The van der Waals surface area contributed by atoms with Crippen molar-refractivity contribution in [1.82, 2.24) is 5.32 Å². The number of carbonyl (C=O) groups excluding carboxylic acids is 1. The first-order valence-electron chi connectivity index (χ1n) is 23.4. The van der Waals surface area contributed by atoms with E-state index in [1.54, 1.807) is 6.08 Å². The van der Waals surface area contributed by atoms with Gasteiger partial charge in [-0.2, -0.15) is 8.42 Å². The van der Waals surface area contributed by atoms with Crippen LogP contribution in [-0.4, -0.2) is 53.1 Å². The van der Waals surface area contributed by atoms with E-state index in [2.05, 4.69) is 55.6 Å². The molecule has 0 saturated carbocycles.